The lowest BCUT2D eigenvalue weighted by molar-refractivity contribution is -0.138. The third kappa shape index (κ3) is 3.01. The van der Waals surface area contributed by atoms with Crippen LogP contribution < -0.4 is 0 Å². The lowest BCUT2D eigenvalue weighted by atomic mass is 9.97. The van der Waals surface area contributed by atoms with Crippen LogP contribution in [0.5, 0.6) is 0 Å². The second-order valence-corrected chi connectivity index (χ2v) is 3.24. The minimum absolute atomic E-state index is 0.116. The Morgan fingerprint density at radius 1 is 1.21 bits per heavy atom. The Labute approximate surface area is 79.6 Å². The molecule has 0 aromatic heterocycles. The number of hydrogen-bond acceptors (Lipinski definition) is 0. The van der Waals surface area contributed by atoms with E-state index in [9.17, 15) is 17.6 Å². The van der Waals surface area contributed by atoms with Crippen molar-refractivity contribution >= 4 is 0 Å². The minimum atomic E-state index is -4.25. The summed E-state index contributed by atoms with van der Waals surface area (Å²) in [5.41, 5.74) is 0.116. The maximum Gasteiger partial charge on any atom is 0.389 e. The van der Waals surface area contributed by atoms with E-state index in [1.54, 1.807) is 0 Å². The molecule has 0 heterocycles. The van der Waals surface area contributed by atoms with Gasteiger partial charge in [-0.05, 0) is 17.5 Å². The highest BCUT2D eigenvalue weighted by molar-refractivity contribution is 5.21. The molecule has 0 aliphatic heterocycles. The molecule has 0 saturated heterocycles. The molecule has 0 aliphatic rings. The molecule has 78 valence electrons. The summed E-state index contributed by atoms with van der Waals surface area (Å²) in [6.45, 7) is 1.37. The highest BCUT2D eigenvalue weighted by Gasteiger charge is 2.31. The molecule has 0 bridgehead atoms. The summed E-state index contributed by atoms with van der Waals surface area (Å²) in [7, 11) is 0. The third-order valence-corrected chi connectivity index (χ3v) is 1.97. The third-order valence-electron chi connectivity index (χ3n) is 1.97. The first-order valence-corrected chi connectivity index (χ1v) is 4.21. The van der Waals surface area contributed by atoms with Gasteiger partial charge in [0.1, 0.15) is 5.82 Å². The number of rotatable bonds is 2. The van der Waals surface area contributed by atoms with Gasteiger partial charge in [0.25, 0.3) is 0 Å². The molecule has 0 fully saturated rings. The van der Waals surface area contributed by atoms with Gasteiger partial charge in [0.2, 0.25) is 0 Å². The van der Waals surface area contributed by atoms with Crippen LogP contribution in [-0.2, 0) is 0 Å². The minimum Gasteiger partial charge on any atom is -0.207 e. The summed E-state index contributed by atoms with van der Waals surface area (Å²) in [5, 5.41) is 0. The SMILES string of the molecule is CC(CC(F)(F)F)c1ccccc1F. The van der Waals surface area contributed by atoms with Crippen molar-refractivity contribution < 1.29 is 17.6 Å². The van der Waals surface area contributed by atoms with Gasteiger partial charge in [-0.2, -0.15) is 13.2 Å². The van der Waals surface area contributed by atoms with E-state index in [-0.39, 0.29) is 5.56 Å². The maximum absolute atomic E-state index is 13.0. The van der Waals surface area contributed by atoms with Crippen LogP contribution in [0.4, 0.5) is 17.6 Å². The topological polar surface area (TPSA) is 0 Å². The molecule has 0 radical (unpaired) electrons. The normalized spacial score (nSPS) is 14.1. The van der Waals surface area contributed by atoms with Gasteiger partial charge in [-0.25, -0.2) is 4.39 Å². The highest BCUT2D eigenvalue weighted by atomic mass is 19.4. The van der Waals surface area contributed by atoms with Crippen molar-refractivity contribution in [2.24, 2.45) is 0 Å². The fourth-order valence-corrected chi connectivity index (χ4v) is 1.33. The molecule has 1 rings (SSSR count). The molecule has 4 heteroatoms. The molecule has 0 nitrogen and oxygen atoms in total. The van der Waals surface area contributed by atoms with Gasteiger partial charge in [0, 0.05) is 0 Å². The molecule has 1 unspecified atom stereocenters. The molecular formula is C10H10F4. The summed E-state index contributed by atoms with van der Waals surface area (Å²) in [4.78, 5) is 0. The average molecular weight is 206 g/mol. The van der Waals surface area contributed by atoms with E-state index in [1.807, 2.05) is 0 Å². The standard InChI is InChI=1S/C10H10F4/c1-7(6-10(12,13)14)8-4-2-3-5-9(8)11/h2-5,7H,6H2,1H3. The lowest BCUT2D eigenvalue weighted by Crippen LogP contribution is -2.12. The number of hydrogen-bond donors (Lipinski definition) is 0. The molecule has 1 atom stereocenters. The van der Waals surface area contributed by atoms with E-state index < -0.39 is 24.3 Å². The monoisotopic (exact) mass is 206 g/mol. The Bertz CT molecular complexity index is 303. The lowest BCUT2D eigenvalue weighted by Gasteiger charge is -2.14. The van der Waals surface area contributed by atoms with Gasteiger partial charge < -0.3 is 0 Å². The van der Waals surface area contributed by atoms with Gasteiger partial charge in [-0.1, -0.05) is 25.1 Å². The number of halogens is 4. The molecule has 1 aromatic rings. The highest BCUT2D eigenvalue weighted by Crippen LogP contribution is 2.31. The van der Waals surface area contributed by atoms with Crippen LogP contribution in [0.15, 0.2) is 24.3 Å². The Morgan fingerprint density at radius 3 is 2.29 bits per heavy atom. The molecule has 0 N–H and O–H groups in total. The quantitative estimate of drug-likeness (QED) is 0.644. The van der Waals surface area contributed by atoms with Gasteiger partial charge >= 0.3 is 6.18 Å². The van der Waals surface area contributed by atoms with Crippen LogP contribution in [0.25, 0.3) is 0 Å². The zero-order valence-corrected chi connectivity index (χ0v) is 7.61. The average Bonchev–Trinajstić information content (AvgIpc) is 2.01. The molecule has 1 aromatic carbocycles. The van der Waals surface area contributed by atoms with Gasteiger partial charge in [0.05, 0.1) is 6.42 Å². The Morgan fingerprint density at radius 2 is 1.79 bits per heavy atom. The molecule has 0 aliphatic carbocycles. The molecule has 14 heavy (non-hydrogen) atoms. The summed E-state index contributed by atoms with van der Waals surface area (Å²) in [6.07, 6.45) is -5.24. The van der Waals surface area contributed by atoms with Crippen LogP contribution in [0.2, 0.25) is 0 Å². The Balaban J connectivity index is 2.80. The fraction of sp³-hybridized carbons (Fsp3) is 0.400. The van der Waals surface area contributed by atoms with E-state index in [1.165, 1.54) is 31.2 Å². The van der Waals surface area contributed by atoms with Crippen molar-refractivity contribution in [2.75, 3.05) is 0 Å². The first kappa shape index (κ1) is 11.0. The molecular weight excluding hydrogens is 196 g/mol. The van der Waals surface area contributed by atoms with Crippen molar-refractivity contribution in [3.8, 4) is 0 Å². The van der Waals surface area contributed by atoms with E-state index in [0.29, 0.717) is 0 Å². The number of benzene rings is 1. The summed E-state index contributed by atoms with van der Waals surface area (Å²) in [5.74, 6) is -1.42. The first-order valence-electron chi connectivity index (χ1n) is 4.21. The van der Waals surface area contributed by atoms with E-state index in [2.05, 4.69) is 0 Å². The fourth-order valence-electron chi connectivity index (χ4n) is 1.33. The van der Waals surface area contributed by atoms with Crippen LogP contribution in [0.3, 0.4) is 0 Å². The predicted octanol–water partition coefficient (Wildman–Crippen LogP) is 3.88. The smallest absolute Gasteiger partial charge is 0.207 e. The maximum atomic E-state index is 13.0. The van der Waals surface area contributed by atoms with Crippen LogP contribution in [-0.4, -0.2) is 6.18 Å². The zero-order chi connectivity index (χ0) is 10.8. The van der Waals surface area contributed by atoms with Crippen molar-refractivity contribution in [3.05, 3.63) is 35.6 Å². The van der Waals surface area contributed by atoms with Crippen LogP contribution in [0.1, 0.15) is 24.8 Å². The zero-order valence-electron chi connectivity index (χ0n) is 7.61. The van der Waals surface area contributed by atoms with E-state index >= 15 is 0 Å². The predicted molar refractivity (Wildman–Crippen MR) is 45.5 cm³/mol. The Kier molecular flexibility index (Phi) is 3.13. The van der Waals surface area contributed by atoms with Gasteiger partial charge in [-0.15, -0.1) is 0 Å². The summed E-state index contributed by atoms with van der Waals surface area (Å²) >= 11 is 0. The van der Waals surface area contributed by atoms with Crippen molar-refractivity contribution in [1.29, 1.82) is 0 Å². The van der Waals surface area contributed by atoms with Crippen LogP contribution in [0, 0.1) is 5.82 Å². The second kappa shape index (κ2) is 3.98. The van der Waals surface area contributed by atoms with E-state index in [0.717, 1.165) is 0 Å². The number of alkyl halides is 3. The van der Waals surface area contributed by atoms with Crippen molar-refractivity contribution in [1.82, 2.24) is 0 Å². The second-order valence-electron chi connectivity index (χ2n) is 3.24. The molecule has 0 saturated carbocycles. The Hall–Kier alpha value is -1.06. The van der Waals surface area contributed by atoms with Crippen molar-refractivity contribution in [2.45, 2.75) is 25.4 Å². The molecule has 0 amide bonds. The summed E-state index contributed by atoms with van der Waals surface area (Å²) in [6, 6.07) is 5.54. The molecule has 0 spiro atoms. The van der Waals surface area contributed by atoms with Gasteiger partial charge in [0.15, 0.2) is 0 Å². The van der Waals surface area contributed by atoms with E-state index in [4.69, 9.17) is 0 Å². The van der Waals surface area contributed by atoms with Gasteiger partial charge in [-0.3, -0.25) is 0 Å². The van der Waals surface area contributed by atoms with Crippen LogP contribution >= 0.6 is 0 Å². The first-order chi connectivity index (χ1) is 6.40. The van der Waals surface area contributed by atoms with Crippen molar-refractivity contribution in [3.63, 3.8) is 0 Å². The summed E-state index contributed by atoms with van der Waals surface area (Å²) < 4.78 is 49.1. The largest absolute Gasteiger partial charge is 0.389 e.